The normalized spacial score (nSPS) is 32.4. The number of carbonyl (C=O) groups excluding carboxylic acids is 1. The minimum Gasteiger partial charge on any atom is -0.340 e. The summed E-state index contributed by atoms with van der Waals surface area (Å²) in [4.78, 5) is 14.0. The van der Waals surface area contributed by atoms with E-state index >= 15 is 0 Å². The van der Waals surface area contributed by atoms with Crippen LogP contribution in [0.5, 0.6) is 0 Å². The number of piperidine rings is 1. The predicted molar refractivity (Wildman–Crippen MR) is 65.2 cm³/mol. The summed E-state index contributed by atoms with van der Waals surface area (Å²) >= 11 is 0. The molecule has 0 aromatic carbocycles. The molecule has 3 heteroatoms. The lowest BCUT2D eigenvalue weighted by Crippen LogP contribution is -2.50. The Morgan fingerprint density at radius 2 is 2.06 bits per heavy atom. The average molecular weight is 222 g/mol. The molecule has 90 valence electrons. The Hall–Kier alpha value is -0.830. The Kier molecular flexibility index (Phi) is 3.64. The molecule has 3 nitrogen and oxygen atoms in total. The number of nitrogens with one attached hydrogen (secondary N) is 1. The van der Waals surface area contributed by atoms with Gasteiger partial charge in [0.15, 0.2) is 0 Å². The second-order valence-corrected chi connectivity index (χ2v) is 4.94. The zero-order chi connectivity index (χ0) is 11.5. The van der Waals surface area contributed by atoms with Crippen molar-refractivity contribution in [1.29, 1.82) is 0 Å². The quantitative estimate of drug-likeness (QED) is 0.734. The van der Waals surface area contributed by atoms with E-state index in [1.165, 1.54) is 12.8 Å². The van der Waals surface area contributed by atoms with Crippen molar-refractivity contribution in [1.82, 2.24) is 10.2 Å². The topological polar surface area (TPSA) is 32.3 Å². The van der Waals surface area contributed by atoms with Gasteiger partial charge in [-0.2, -0.15) is 0 Å². The molecule has 0 spiro atoms. The molecule has 16 heavy (non-hydrogen) atoms. The summed E-state index contributed by atoms with van der Waals surface area (Å²) in [6.45, 7) is 6.55. The van der Waals surface area contributed by atoms with Crippen LogP contribution in [0.4, 0.5) is 0 Å². The van der Waals surface area contributed by atoms with Gasteiger partial charge in [0.2, 0.25) is 5.91 Å². The molecular formula is C13H22N2O. The Morgan fingerprint density at radius 3 is 2.56 bits per heavy atom. The first-order valence-electron chi connectivity index (χ1n) is 6.41. The van der Waals surface area contributed by atoms with Gasteiger partial charge in [-0.05, 0) is 32.6 Å². The lowest BCUT2D eigenvalue weighted by Gasteiger charge is -2.37. The van der Waals surface area contributed by atoms with Crippen molar-refractivity contribution in [2.45, 2.75) is 57.2 Å². The monoisotopic (exact) mass is 222 g/mol. The number of hydrogen-bond acceptors (Lipinski definition) is 2. The molecule has 0 radical (unpaired) electrons. The maximum atomic E-state index is 11.9. The van der Waals surface area contributed by atoms with E-state index in [2.05, 4.69) is 18.8 Å². The molecule has 0 aromatic heterocycles. The Labute approximate surface area is 97.9 Å². The van der Waals surface area contributed by atoms with E-state index < -0.39 is 0 Å². The lowest BCUT2D eigenvalue weighted by molar-refractivity contribution is -0.133. The highest BCUT2D eigenvalue weighted by atomic mass is 16.2. The highest BCUT2D eigenvalue weighted by molar-refractivity contribution is 5.77. The lowest BCUT2D eigenvalue weighted by atomic mass is 9.98. The minimum atomic E-state index is 0.240. The number of hydrogen-bond donors (Lipinski definition) is 1. The van der Waals surface area contributed by atoms with Gasteiger partial charge in [-0.15, -0.1) is 6.58 Å². The van der Waals surface area contributed by atoms with Gasteiger partial charge in [0.25, 0.3) is 0 Å². The molecule has 2 saturated heterocycles. The van der Waals surface area contributed by atoms with E-state index in [0.717, 1.165) is 19.4 Å². The molecule has 0 saturated carbocycles. The van der Waals surface area contributed by atoms with Gasteiger partial charge in [-0.25, -0.2) is 0 Å². The molecule has 1 N–H and O–H groups in total. The predicted octanol–water partition coefficient (Wildman–Crippen LogP) is 1.69. The third-order valence-electron chi connectivity index (χ3n) is 3.87. The van der Waals surface area contributed by atoms with Crippen LogP contribution in [0.15, 0.2) is 12.7 Å². The summed E-state index contributed by atoms with van der Waals surface area (Å²) in [5, 5.41) is 3.61. The summed E-state index contributed by atoms with van der Waals surface area (Å²) in [7, 11) is 0. The van der Waals surface area contributed by atoms with E-state index in [9.17, 15) is 4.79 Å². The van der Waals surface area contributed by atoms with Crippen LogP contribution in [0.2, 0.25) is 0 Å². The molecule has 2 fully saturated rings. The zero-order valence-electron chi connectivity index (χ0n) is 10.1. The second kappa shape index (κ2) is 5.00. The first-order chi connectivity index (χ1) is 7.74. The van der Waals surface area contributed by atoms with Crippen molar-refractivity contribution in [3.63, 3.8) is 0 Å². The maximum absolute atomic E-state index is 11.9. The smallest absolute Gasteiger partial charge is 0.226 e. The molecule has 0 aromatic rings. The molecular weight excluding hydrogens is 200 g/mol. The number of amides is 1. The molecule has 2 aliphatic heterocycles. The van der Waals surface area contributed by atoms with Crippen molar-refractivity contribution in [2.24, 2.45) is 0 Å². The molecule has 2 bridgehead atoms. The Balaban J connectivity index is 1.98. The van der Waals surface area contributed by atoms with E-state index in [1.807, 2.05) is 4.90 Å². The molecule has 2 unspecified atom stereocenters. The standard InChI is InChI=1S/C13H22N2O/c1-3-5-13(16)15(4-2)12-8-10-6-7-11(9-12)14-10/h3,10-12,14H,1,4-9H2,2H3. The van der Waals surface area contributed by atoms with Gasteiger partial charge >= 0.3 is 0 Å². The fourth-order valence-electron chi connectivity index (χ4n) is 3.16. The van der Waals surface area contributed by atoms with Crippen LogP contribution >= 0.6 is 0 Å². The van der Waals surface area contributed by atoms with Crippen LogP contribution in [0, 0.1) is 0 Å². The fourth-order valence-corrected chi connectivity index (χ4v) is 3.16. The van der Waals surface area contributed by atoms with Crippen molar-refractivity contribution in [2.75, 3.05) is 6.54 Å². The van der Waals surface area contributed by atoms with E-state index in [1.54, 1.807) is 6.08 Å². The minimum absolute atomic E-state index is 0.240. The van der Waals surface area contributed by atoms with Crippen molar-refractivity contribution in [3.05, 3.63) is 12.7 Å². The third-order valence-corrected chi connectivity index (χ3v) is 3.87. The summed E-state index contributed by atoms with van der Waals surface area (Å²) in [6.07, 6.45) is 7.02. The van der Waals surface area contributed by atoms with Crippen molar-refractivity contribution in [3.8, 4) is 0 Å². The molecule has 2 heterocycles. The second-order valence-electron chi connectivity index (χ2n) is 4.94. The number of nitrogens with zero attached hydrogens (tertiary/aromatic N) is 1. The van der Waals surface area contributed by atoms with E-state index in [4.69, 9.17) is 0 Å². The van der Waals surface area contributed by atoms with Gasteiger partial charge in [0, 0.05) is 31.1 Å². The summed E-state index contributed by atoms with van der Waals surface area (Å²) in [5.74, 6) is 0.240. The van der Waals surface area contributed by atoms with Crippen molar-refractivity contribution >= 4 is 5.91 Å². The van der Waals surface area contributed by atoms with Crippen molar-refractivity contribution < 1.29 is 4.79 Å². The van der Waals surface area contributed by atoms with Crippen LogP contribution in [0.3, 0.4) is 0 Å². The summed E-state index contributed by atoms with van der Waals surface area (Å²) in [6, 6.07) is 1.75. The van der Waals surface area contributed by atoms with Gasteiger partial charge in [-0.3, -0.25) is 4.79 Å². The molecule has 1 amide bonds. The first kappa shape index (κ1) is 11.6. The van der Waals surface area contributed by atoms with Gasteiger partial charge in [0.05, 0.1) is 0 Å². The van der Waals surface area contributed by atoms with Crippen LogP contribution < -0.4 is 5.32 Å². The first-order valence-corrected chi connectivity index (χ1v) is 6.41. The number of fused-ring (bicyclic) bond motifs is 2. The number of rotatable bonds is 4. The van der Waals surface area contributed by atoms with E-state index in [-0.39, 0.29) is 5.91 Å². The van der Waals surface area contributed by atoms with Gasteiger partial charge in [-0.1, -0.05) is 6.08 Å². The van der Waals surface area contributed by atoms with E-state index in [0.29, 0.717) is 24.5 Å². The maximum Gasteiger partial charge on any atom is 0.226 e. The fraction of sp³-hybridized carbons (Fsp3) is 0.769. The molecule has 2 atom stereocenters. The van der Waals surface area contributed by atoms with Gasteiger partial charge < -0.3 is 10.2 Å². The molecule has 2 rings (SSSR count). The number of carbonyl (C=O) groups is 1. The summed E-state index contributed by atoms with van der Waals surface area (Å²) in [5.41, 5.74) is 0. The molecule has 2 aliphatic rings. The van der Waals surface area contributed by atoms with Crippen LogP contribution in [-0.4, -0.2) is 35.5 Å². The van der Waals surface area contributed by atoms with Crippen LogP contribution in [0.1, 0.15) is 39.0 Å². The summed E-state index contributed by atoms with van der Waals surface area (Å²) < 4.78 is 0. The van der Waals surface area contributed by atoms with Crippen LogP contribution in [-0.2, 0) is 4.79 Å². The zero-order valence-corrected chi connectivity index (χ0v) is 10.1. The Morgan fingerprint density at radius 1 is 1.44 bits per heavy atom. The van der Waals surface area contributed by atoms with Crippen LogP contribution in [0.25, 0.3) is 0 Å². The highest BCUT2D eigenvalue weighted by Crippen LogP contribution is 2.29. The SMILES string of the molecule is C=CCC(=O)N(CC)C1CC2CCC(C1)N2. The largest absolute Gasteiger partial charge is 0.340 e. The third kappa shape index (κ3) is 2.29. The Bertz CT molecular complexity index is 265. The molecule has 0 aliphatic carbocycles. The average Bonchev–Trinajstić information content (AvgIpc) is 2.59. The van der Waals surface area contributed by atoms with Gasteiger partial charge in [0.1, 0.15) is 0 Å². The highest BCUT2D eigenvalue weighted by Gasteiger charge is 2.36.